The normalized spacial score (nSPS) is 10.4. The third kappa shape index (κ3) is 1.64. The summed E-state index contributed by atoms with van der Waals surface area (Å²) in [6.45, 7) is 1.81. The van der Waals surface area contributed by atoms with Gasteiger partial charge in [0.15, 0.2) is 0 Å². The SMILES string of the molecule is CCN(C)c1c(F)c(F)nc(F)c1F. The third-order valence-corrected chi connectivity index (χ3v) is 1.83. The molecule has 0 N–H and O–H groups in total. The molecule has 1 aromatic heterocycles. The van der Waals surface area contributed by atoms with Crippen molar-refractivity contribution in [3.8, 4) is 0 Å². The van der Waals surface area contributed by atoms with Crippen LogP contribution in [-0.4, -0.2) is 18.6 Å². The first-order valence-corrected chi connectivity index (χ1v) is 3.90. The first kappa shape index (κ1) is 10.7. The Morgan fingerprint density at radius 1 is 1.07 bits per heavy atom. The fraction of sp³-hybridized carbons (Fsp3) is 0.375. The second-order valence-electron chi connectivity index (χ2n) is 2.68. The summed E-state index contributed by atoms with van der Waals surface area (Å²) < 4.78 is 51.2. The minimum absolute atomic E-state index is 0.219. The van der Waals surface area contributed by atoms with Crippen LogP contribution >= 0.6 is 0 Å². The minimum atomic E-state index is -1.64. The maximum Gasteiger partial charge on any atom is 0.253 e. The summed E-state index contributed by atoms with van der Waals surface area (Å²) in [4.78, 5) is 3.49. The molecule has 0 unspecified atom stereocenters. The largest absolute Gasteiger partial charge is 0.370 e. The smallest absolute Gasteiger partial charge is 0.253 e. The van der Waals surface area contributed by atoms with Crippen molar-refractivity contribution >= 4 is 5.69 Å². The number of hydrogen-bond donors (Lipinski definition) is 0. The Kier molecular flexibility index (Phi) is 2.93. The van der Waals surface area contributed by atoms with Gasteiger partial charge in [0, 0.05) is 13.6 Å². The van der Waals surface area contributed by atoms with E-state index in [1.165, 1.54) is 7.05 Å². The van der Waals surface area contributed by atoms with Gasteiger partial charge in [0.2, 0.25) is 11.6 Å². The summed E-state index contributed by atoms with van der Waals surface area (Å²) in [6.07, 6.45) is 0. The Bertz CT molecular complexity index is 327. The third-order valence-electron chi connectivity index (χ3n) is 1.83. The zero-order valence-corrected chi connectivity index (χ0v) is 7.61. The summed E-state index contributed by atoms with van der Waals surface area (Å²) in [7, 11) is 1.32. The molecule has 0 spiro atoms. The van der Waals surface area contributed by atoms with E-state index in [1.54, 1.807) is 6.92 Å². The lowest BCUT2D eigenvalue weighted by molar-refractivity contribution is 0.407. The highest BCUT2D eigenvalue weighted by Crippen LogP contribution is 2.24. The number of anilines is 1. The molecular weight excluding hydrogens is 200 g/mol. The van der Waals surface area contributed by atoms with Crippen LogP contribution in [0.4, 0.5) is 23.2 Å². The van der Waals surface area contributed by atoms with Crippen molar-refractivity contribution in [2.75, 3.05) is 18.5 Å². The van der Waals surface area contributed by atoms with Crippen molar-refractivity contribution in [1.82, 2.24) is 4.98 Å². The molecule has 78 valence electrons. The highest BCUT2D eigenvalue weighted by atomic mass is 19.2. The Morgan fingerprint density at radius 3 is 1.86 bits per heavy atom. The lowest BCUT2D eigenvalue weighted by atomic mass is 10.3. The maximum absolute atomic E-state index is 13.0. The number of pyridine rings is 1. The van der Waals surface area contributed by atoms with E-state index >= 15 is 0 Å². The van der Waals surface area contributed by atoms with Crippen LogP contribution < -0.4 is 4.90 Å². The Labute approximate surface area is 78.2 Å². The average molecular weight is 208 g/mol. The molecule has 0 saturated carbocycles. The molecule has 0 aliphatic heterocycles. The predicted octanol–water partition coefficient (Wildman–Crippen LogP) is 2.09. The van der Waals surface area contributed by atoms with Gasteiger partial charge in [-0.2, -0.15) is 22.5 Å². The van der Waals surface area contributed by atoms with Gasteiger partial charge in [-0.3, -0.25) is 0 Å². The standard InChI is InChI=1S/C8H8F4N2/c1-3-14(2)6-4(9)7(11)13-8(12)5(6)10/h3H2,1-2H3. The molecule has 2 nitrogen and oxygen atoms in total. The Hall–Kier alpha value is -1.33. The molecule has 0 bridgehead atoms. The van der Waals surface area contributed by atoms with Crippen molar-refractivity contribution in [2.24, 2.45) is 0 Å². The van der Waals surface area contributed by atoms with Crippen molar-refractivity contribution in [3.05, 3.63) is 23.5 Å². The fourth-order valence-corrected chi connectivity index (χ4v) is 0.969. The molecule has 0 aromatic carbocycles. The van der Waals surface area contributed by atoms with Crippen LogP contribution in [0.3, 0.4) is 0 Å². The average Bonchev–Trinajstić information content (AvgIpc) is 2.15. The van der Waals surface area contributed by atoms with Crippen molar-refractivity contribution in [2.45, 2.75) is 6.92 Å². The first-order chi connectivity index (χ1) is 6.49. The number of rotatable bonds is 2. The highest BCUT2D eigenvalue weighted by molar-refractivity contribution is 5.47. The summed E-state index contributed by atoms with van der Waals surface area (Å²) in [5.74, 6) is -6.24. The van der Waals surface area contributed by atoms with Gasteiger partial charge in [0.05, 0.1) is 0 Å². The van der Waals surface area contributed by atoms with Gasteiger partial charge in [-0.15, -0.1) is 0 Å². The first-order valence-electron chi connectivity index (χ1n) is 3.90. The van der Waals surface area contributed by atoms with Crippen LogP contribution in [0.15, 0.2) is 0 Å². The van der Waals surface area contributed by atoms with Crippen LogP contribution in [0.1, 0.15) is 6.92 Å². The van der Waals surface area contributed by atoms with Crippen LogP contribution in [0.25, 0.3) is 0 Å². The van der Waals surface area contributed by atoms with Gasteiger partial charge in [0.25, 0.3) is 11.9 Å². The van der Waals surface area contributed by atoms with Crippen molar-refractivity contribution in [3.63, 3.8) is 0 Å². The molecule has 0 amide bonds. The monoisotopic (exact) mass is 208 g/mol. The topological polar surface area (TPSA) is 16.1 Å². The van der Waals surface area contributed by atoms with E-state index in [0.717, 1.165) is 4.90 Å². The number of nitrogens with zero attached hydrogens (tertiary/aromatic N) is 2. The molecule has 0 fully saturated rings. The van der Waals surface area contributed by atoms with Crippen LogP contribution in [-0.2, 0) is 0 Å². The molecule has 0 aliphatic carbocycles. The molecule has 1 rings (SSSR count). The van der Waals surface area contributed by atoms with Crippen molar-refractivity contribution in [1.29, 1.82) is 0 Å². The number of aromatic nitrogens is 1. The minimum Gasteiger partial charge on any atom is -0.370 e. The molecular formula is C8H8F4N2. The van der Waals surface area contributed by atoms with Gasteiger partial charge in [-0.1, -0.05) is 0 Å². The van der Waals surface area contributed by atoms with Gasteiger partial charge in [-0.05, 0) is 6.92 Å². The zero-order valence-electron chi connectivity index (χ0n) is 7.61. The van der Waals surface area contributed by atoms with Gasteiger partial charge in [0.1, 0.15) is 5.69 Å². The second-order valence-corrected chi connectivity index (χ2v) is 2.68. The Balaban J connectivity index is 3.39. The van der Waals surface area contributed by atoms with Gasteiger partial charge >= 0.3 is 0 Å². The second kappa shape index (κ2) is 3.81. The molecule has 0 radical (unpaired) electrons. The zero-order chi connectivity index (χ0) is 10.9. The van der Waals surface area contributed by atoms with E-state index in [-0.39, 0.29) is 6.54 Å². The van der Waals surface area contributed by atoms with E-state index in [1.807, 2.05) is 0 Å². The van der Waals surface area contributed by atoms with Crippen LogP contribution in [0, 0.1) is 23.5 Å². The van der Waals surface area contributed by atoms with E-state index < -0.39 is 29.2 Å². The van der Waals surface area contributed by atoms with E-state index in [9.17, 15) is 17.6 Å². The van der Waals surface area contributed by atoms with Crippen LogP contribution in [0.2, 0.25) is 0 Å². The van der Waals surface area contributed by atoms with Gasteiger partial charge < -0.3 is 4.90 Å². The molecule has 1 aromatic rings. The lowest BCUT2D eigenvalue weighted by Gasteiger charge is -2.17. The Morgan fingerprint density at radius 2 is 1.50 bits per heavy atom. The number of halogens is 4. The van der Waals surface area contributed by atoms with Crippen molar-refractivity contribution < 1.29 is 17.6 Å². The summed E-state index contributed by atoms with van der Waals surface area (Å²) in [6, 6.07) is 0. The quantitative estimate of drug-likeness (QED) is 0.546. The fourth-order valence-electron chi connectivity index (χ4n) is 0.969. The van der Waals surface area contributed by atoms with E-state index in [2.05, 4.69) is 4.98 Å². The summed E-state index contributed by atoms with van der Waals surface area (Å²) in [5.41, 5.74) is -0.738. The number of hydrogen-bond acceptors (Lipinski definition) is 2. The summed E-state index contributed by atoms with van der Waals surface area (Å²) >= 11 is 0. The molecule has 0 atom stereocenters. The predicted molar refractivity (Wildman–Crippen MR) is 43.0 cm³/mol. The van der Waals surface area contributed by atoms with E-state index in [4.69, 9.17) is 0 Å². The van der Waals surface area contributed by atoms with Crippen LogP contribution in [0.5, 0.6) is 0 Å². The van der Waals surface area contributed by atoms with Gasteiger partial charge in [-0.25, -0.2) is 0 Å². The lowest BCUT2D eigenvalue weighted by Crippen LogP contribution is -2.21. The molecule has 0 saturated heterocycles. The molecule has 14 heavy (non-hydrogen) atoms. The maximum atomic E-state index is 13.0. The molecule has 1 heterocycles. The van der Waals surface area contributed by atoms with E-state index in [0.29, 0.717) is 0 Å². The summed E-state index contributed by atoms with van der Waals surface area (Å²) in [5, 5.41) is 0. The molecule has 6 heteroatoms. The molecule has 0 aliphatic rings. The highest BCUT2D eigenvalue weighted by Gasteiger charge is 2.22.